The Bertz CT molecular complexity index is 850. The Balaban J connectivity index is 1.82. The number of carbonyl (C=O) groups is 1. The maximum Gasteiger partial charge on any atom is 0.188 e. The molecule has 3 aromatic rings. The molecular formula is C20H16N2O. The highest BCUT2D eigenvalue weighted by atomic mass is 16.1. The predicted molar refractivity (Wildman–Crippen MR) is 91.0 cm³/mol. The van der Waals surface area contributed by atoms with E-state index in [4.69, 9.17) is 0 Å². The summed E-state index contributed by atoms with van der Waals surface area (Å²) in [5.74, 6) is 0.0914. The van der Waals surface area contributed by atoms with Gasteiger partial charge in [-0.2, -0.15) is 0 Å². The highest BCUT2D eigenvalue weighted by Gasteiger charge is 2.34. The summed E-state index contributed by atoms with van der Waals surface area (Å²) >= 11 is 0. The minimum absolute atomic E-state index is 0.0914. The molecule has 0 radical (unpaired) electrons. The second kappa shape index (κ2) is 5.69. The fourth-order valence-corrected chi connectivity index (χ4v) is 3.12. The summed E-state index contributed by atoms with van der Waals surface area (Å²) in [6, 6.07) is 22.8. The summed E-state index contributed by atoms with van der Waals surface area (Å²) in [4.78, 5) is 17.8. The van der Waals surface area contributed by atoms with E-state index in [1.807, 2.05) is 89.8 Å². The van der Waals surface area contributed by atoms with Crippen molar-refractivity contribution in [3.8, 4) is 0 Å². The van der Waals surface area contributed by atoms with Gasteiger partial charge >= 0.3 is 0 Å². The maximum atomic E-state index is 13.1. The highest BCUT2D eigenvalue weighted by molar-refractivity contribution is 6.00. The molecule has 4 rings (SSSR count). The standard InChI is InChI=1S/C20H16N2O/c23-20(16-10-5-2-6-11-16)19-18(15-8-3-1-4-9-15)21-14-17-12-7-13-22(17)19/h1-14,18-19H/t18-,19+/m1/s1. The molecule has 0 spiro atoms. The summed E-state index contributed by atoms with van der Waals surface area (Å²) in [5, 5.41) is 0. The zero-order valence-electron chi connectivity index (χ0n) is 12.5. The zero-order chi connectivity index (χ0) is 15.6. The van der Waals surface area contributed by atoms with Gasteiger partial charge in [-0.15, -0.1) is 0 Å². The van der Waals surface area contributed by atoms with Crippen molar-refractivity contribution in [2.24, 2.45) is 4.99 Å². The lowest BCUT2D eigenvalue weighted by Crippen LogP contribution is -2.29. The third-order valence-electron chi connectivity index (χ3n) is 4.25. The topological polar surface area (TPSA) is 34.4 Å². The Labute approximate surface area is 134 Å². The zero-order valence-corrected chi connectivity index (χ0v) is 12.5. The largest absolute Gasteiger partial charge is 0.333 e. The molecule has 0 aliphatic carbocycles. The van der Waals surface area contributed by atoms with Gasteiger partial charge in [-0.1, -0.05) is 60.7 Å². The molecule has 1 aromatic heterocycles. The average molecular weight is 300 g/mol. The highest BCUT2D eigenvalue weighted by Crippen LogP contribution is 2.36. The van der Waals surface area contributed by atoms with Crippen molar-refractivity contribution < 1.29 is 4.79 Å². The van der Waals surface area contributed by atoms with E-state index in [0.29, 0.717) is 0 Å². The van der Waals surface area contributed by atoms with Gasteiger partial charge < -0.3 is 4.57 Å². The number of ketones is 1. The van der Waals surface area contributed by atoms with Gasteiger partial charge in [0, 0.05) is 18.0 Å². The van der Waals surface area contributed by atoms with Crippen LogP contribution in [0.25, 0.3) is 0 Å². The third-order valence-corrected chi connectivity index (χ3v) is 4.25. The number of benzene rings is 2. The van der Waals surface area contributed by atoms with Crippen molar-refractivity contribution in [1.29, 1.82) is 0 Å². The third kappa shape index (κ3) is 2.40. The van der Waals surface area contributed by atoms with Crippen molar-refractivity contribution >= 4 is 12.0 Å². The summed E-state index contributed by atoms with van der Waals surface area (Å²) in [5.41, 5.74) is 2.74. The van der Waals surface area contributed by atoms with E-state index in [-0.39, 0.29) is 17.9 Å². The number of fused-ring (bicyclic) bond motifs is 1. The number of carbonyl (C=O) groups excluding carboxylic acids is 1. The second-order valence-corrected chi connectivity index (χ2v) is 5.65. The molecule has 0 saturated heterocycles. The van der Waals surface area contributed by atoms with Crippen LogP contribution in [0.4, 0.5) is 0 Å². The van der Waals surface area contributed by atoms with Gasteiger partial charge in [0.25, 0.3) is 0 Å². The van der Waals surface area contributed by atoms with Crippen LogP contribution in [0.5, 0.6) is 0 Å². The molecule has 1 aliphatic rings. The fraction of sp³-hybridized carbons (Fsp3) is 0.100. The van der Waals surface area contributed by atoms with Gasteiger partial charge in [0.05, 0.1) is 5.69 Å². The SMILES string of the molecule is O=C(c1ccccc1)[C@@H]1[C@@H](c2ccccc2)N=Cc2cccn21. The summed E-state index contributed by atoms with van der Waals surface area (Å²) in [6.45, 7) is 0. The first kappa shape index (κ1) is 13.7. The molecule has 0 unspecified atom stereocenters. The van der Waals surface area contributed by atoms with Crippen LogP contribution in [0.1, 0.15) is 33.7 Å². The lowest BCUT2D eigenvalue weighted by Gasteiger charge is -2.29. The van der Waals surface area contributed by atoms with Gasteiger partial charge in [-0.25, -0.2) is 0 Å². The van der Waals surface area contributed by atoms with Crippen LogP contribution in [-0.2, 0) is 0 Å². The number of hydrogen-bond donors (Lipinski definition) is 0. The smallest absolute Gasteiger partial charge is 0.188 e. The van der Waals surface area contributed by atoms with Crippen LogP contribution in [0.3, 0.4) is 0 Å². The maximum absolute atomic E-state index is 13.1. The van der Waals surface area contributed by atoms with E-state index in [1.54, 1.807) is 0 Å². The molecule has 2 atom stereocenters. The quantitative estimate of drug-likeness (QED) is 0.671. The Morgan fingerprint density at radius 1 is 0.870 bits per heavy atom. The normalized spacial score (nSPS) is 19.3. The monoisotopic (exact) mass is 300 g/mol. The Morgan fingerprint density at radius 3 is 2.30 bits per heavy atom. The Kier molecular flexibility index (Phi) is 3.39. The number of aliphatic imine (C=N–C) groups is 1. The molecule has 0 saturated carbocycles. The minimum Gasteiger partial charge on any atom is -0.333 e. The summed E-state index contributed by atoms with van der Waals surface area (Å²) in [7, 11) is 0. The molecule has 1 aliphatic heterocycles. The van der Waals surface area contributed by atoms with Crippen LogP contribution >= 0.6 is 0 Å². The number of aromatic nitrogens is 1. The summed E-state index contributed by atoms with van der Waals surface area (Å²) in [6.07, 6.45) is 3.81. The fourth-order valence-electron chi connectivity index (χ4n) is 3.12. The molecule has 0 bridgehead atoms. The van der Waals surface area contributed by atoms with E-state index in [0.717, 1.165) is 16.8 Å². The van der Waals surface area contributed by atoms with Crippen LogP contribution < -0.4 is 0 Å². The van der Waals surface area contributed by atoms with Crippen molar-refractivity contribution in [2.45, 2.75) is 12.1 Å². The summed E-state index contributed by atoms with van der Waals surface area (Å²) < 4.78 is 2.03. The van der Waals surface area contributed by atoms with Crippen molar-refractivity contribution in [2.75, 3.05) is 0 Å². The van der Waals surface area contributed by atoms with Crippen LogP contribution in [0.15, 0.2) is 84.0 Å². The molecule has 0 fully saturated rings. The van der Waals surface area contributed by atoms with Crippen molar-refractivity contribution in [1.82, 2.24) is 4.57 Å². The number of hydrogen-bond acceptors (Lipinski definition) is 2. The van der Waals surface area contributed by atoms with Crippen molar-refractivity contribution in [3.63, 3.8) is 0 Å². The number of Topliss-reactive ketones (excluding diaryl/α,β-unsaturated/α-hetero) is 1. The van der Waals surface area contributed by atoms with Gasteiger partial charge in [0.2, 0.25) is 0 Å². The molecule has 112 valence electrons. The lowest BCUT2D eigenvalue weighted by molar-refractivity contribution is 0.0905. The molecule has 2 heterocycles. The first-order valence-corrected chi connectivity index (χ1v) is 7.69. The van der Waals surface area contributed by atoms with Crippen LogP contribution in [0, 0.1) is 0 Å². The van der Waals surface area contributed by atoms with Crippen molar-refractivity contribution in [3.05, 3.63) is 95.8 Å². The van der Waals surface area contributed by atoms with E-state index in [9.17, 15) is 4.79 Å². The average Bonchev–Trinajstić information content (AvgIpc) is 3.10. The Hall–Kier alpha value is -2.94. The first-order chi connectivity index (χ1) is 11.3. The molecule has 2 aromatic carbocycles. The Morgan fingerprint density at radius 2 is 1.57 bits per heavy atom. The van der Waals surface area contributed by atoms with E-state index in [1.165, 1.54) is 0 Å². The van der Waals surface area contributed by atoms with Crippen LogP contribution in [0.2, 0.25) is 0 Å². The number of rotatable bonds is 3. The van der Waals surface area contributed by atoms with E-state index in [2.05, 4.69) is 4.99 Å². The molecule has 23 heavy (non-hydrogen) atoms. The first-order valence-electron chi connectivity index (χ1n) is 7.69. The van der Waals surface area contributed by atoms with Gasteiger partial charge in [-0.3, -0.25) is 9.79 Å². The minimum atomic E-state index is -0.352. The molecular weight excluding hydrogens is 284 g/mol. The van der Waals surface area contributed by atoms with Gasteiger partial charge in [-0.05, 0) is 17.7 Å². The molecule has 3 nitrogen and oxygen atoms in total. The molecule has 0 N–H and O–H groups in total. The molecule has 3 heteroatoms. The van der Waals surface area contributed by atoms with Gasteiger partial charge in [0.1, 0.15) is 12.1 Å². The predicted octanol–water partition coefficient (Wildman–Crippen LogP) is 4.09. The van der Waals surface area contributed by atoms with Crippen LogP contribution in [-0.4, -0.2) is 16.6 Å². The second-order valence-electron chi connectivity index (χ2n) is 5.65. The lowest BCUT2D eigenvalue weighted by atomic mass is 9.91. The molecule has 0 amide bonds. The number of nitrogens with zero attached hydrogens (tertiary/aromatic N) is 2. The van der Waals surface area contributed by atoms with E-state index >= 15 is 0 Å². The van der Waals surface area contributed by atoms with Gasteiger partial charge in [0.15, 0.2) is 5.78 Å². The van der Waals surface area contributed by atoms with E-state index < -0.39 is 0 Å².